The Balaban J connectivity index is 2.34. The summed E-state index contributed by atoms with van der Waals surface area (Å²) in [5.41, 5.74) is 0.123. The van der Waals surface area contributed by atoms with Crippen LogP contribution in [0.15, 0.2) is 24.5 Å². The number of aromatic nitrogens is 3. The van der Waals surface area contributed by atoms with Crippen LogP contribution < -0.4 is 4.74 Å². The number of hydrogen-bond donors (Lipinski definition) is 2. The smallest absolute Gasteiger partial charge is 0.157 e. The highest BCUT2D eigenvalue weighted by atomic mass is 19.1. The Morgan fingerprint density at radius 3 is 2.88 bits per heavy atom. The van der Waals surface area contributed by atoms with E-state index >= 15 is 0 Å². The van der Waals surface area contributed by atoms with Gasteiger partial charge in [0.1, 0.15) is 24.0 Å². The van der Waals surface area contributed by atoms with E-state index in [1.807, 2.05) is 0 Å². The summed E-state index contributed by atoms with van der Waals surface area (Å²) in [6.45, 7) is 0. The van der Waals surface area contributed by atoms with Crippen LogP contribution in [-0.2, 0) is 0 Å². The molecule has 0 spiro atoms. The number of benzene rings is 1. The fourth-order valence-corrected chi connectivity index (χ4v) is 1.35. The summed E-state index contributed by atoms with van der Waals surface area (Å²) in [5.74, 6) is 0.0401. The van der Waals surface area contributed by atoms with Crippen molar-refractivity contribution in [2.24, 2.45) is 0 Å². The first-order valence-electron chi connectivity index (χ1n) is 4.59. The Bertz CT molecular complexity index is 473. The maximum atomic E-state index is 13.6. The molecule has 1 aromatic heterocycles. The van der Waals surface area contributed by atoms with Crippen molar-refractivity contribution in [3.8, 4) is 5.75 Å². The van der Waals surface area contributed by atoms with Crippen molar-refractivity contribution < 1.29 is 14.2 Å². The summed E-state index contributed by atoms with van der Waals surface area (Å²) < 4.78 is 18.4. The molecule has 5 nitrogen and oxygen atoms in total. The number of nitrogens with one attached hydrogen (secondary N) is 1. The summed E-state index contributed by atoms with van der Waals surface area (Å²) in [6.07, 6.45) is 0.0911. The number of H-pyrrole nitrogens is 1. The summed E-state index contributed by atoms with van der Waals surface area (Å²) in [5, 5.41) is 15.9. The molecule has 16 heavy (non-hydrogen) atoms. The first kappa shape index (κ1) is 10.6. The van der Waals surface area contributed by atoms with Gasteiger partial charge in [-0.2, -0.15) is 5.10 Å². The third kappa shape index (κ3) is 1.87. The van der Waals surface area contributed by atoms with Crippen LogP contribution in [0.2, 0.25) is 0 Å². The zero-order chi connectivity index (χ0) is 11.5. The zero-order valence-corrected chi connectivity index (χ0v) is 8.51. The number of aromatic amines is 1. The van der Waals surface area contributed by atoms with E-state index in [4.69, 9.17) is 4.74 Å². The predicted molar refractivity (Wildman–Crippen MR) is 53.4 cm³/mol. The SMILES string of the molecule is COc1ccc(C(O)c2ncn[nH]2)c(F)c1. The molecule has 0 radical (unpaired) electrons. The minimum absolute atomic E-state index is 0.123. The molecule has 84 valence electrons. The molecule has 0 saturated heterocycles. The molecule has 1 heterocycles. The van der Waals surface area contributed by atoms with Gasteiger partial charge in [-0.05, 0) is 12.1 Å². The topological polar surface area (TPSA) is 71.0 Å². The number of halogens is 1. The predicted octanol–water partition coefficient (Wildman–Crippen LogP) is 1.03. The third-order valence-corrected chi connectivity index (χ3v) is 2.19. The molecule has 0 fully saturated rings. The molecule has 1 aromatic carbocycles. The van der Waals surface area contributed by atoms with Crippen LogP contribution in [0.25, 0.3) is 0 Å². The molecule has 1 unspecified atom stereocenters. The van der Waals surface area contributed by atoms with Crippen LogP contribution in [0, 0.1) is 5.82 Å². The van der Waals surface area contributed by atoms with Gasteiger partial charge < -0.3 is 9.84 Å². The minimum atomic E-state index is -1.16. The maximum absolute atomic E-state index is 13.6. The van der Waals surface area contributed by atoms with Gasteiger partial charge in [0.2, 0.25) is 0 Å². The highest BCUT2D eigenvalue weighted by molar-refractivity contribution is 5.32. The van der Waals surface area contributed by atoms with Gasteiger partial charge in [0.25, 0.3) is 0 Å². The maximum Gasteiger partial charge on any atom is 0.157 e. The van der Waals surface area contributed by atoms with Crippen molar-refractivity contribution in [2.75, 3.05) is 7.11 Å². The Hall–Kier alpha value is -1.95. The van der Waals surface area contributed by atoms with Gasteiger partial charge in [-0.15, -0.1) is 0 Å². The van der Waals surface area contributed by atoms with Crippen molar-refractivity contribution in [3.05, 3.63) is 41.7 Å². The monoisotopic (exact) mass is 223 g/mol. The van der Waals surface area contributed by atoms with Crippen molar-refractivity contribution in [2.45, 2.75) is 6.10 Å². The van der Waals surface area contributed by atoms with Gasteiger partial charge in [-0.25, -0.2) is 9.37 Å². The van der Waals surface area contributed by atoms with Gasteiger partial charge >= 0.3 is 0 Å². The number of aliphatic hydroxyl groups excluding tert-OH is 1. The number of hydrogen-bond acceptors (Lipinski definition) is 4. The van der Waals surface area contributed by atoms with Gasteiger partial charge in [0, 0.05) is 11.6 Å². The molecular formula is C10H10FN3O2. The number of methoxy groups -OCH3 is 1. The molecule has 6 heteroatoms. The molecule has 0 aliphatic heterocycles. The van der Waals surface area contributed by atoms with E-state index in [1.54, 1.807) is 6.07 Å². The molecule has 0 amide bonds. The van der Waals surface area contributed by atoms with E-state index in [2.05, 4.69) is 15.2 Å². The third-order valence-electron chi connectivity index (χ3n) is 2.19. The second-order valence-electron chi connectivity index (χ2n) is 3.16. The van der Waals surface area contributed by atoms with Gasteiger partial charge in [0.15, 0.2) is 5.82 Å². The van der Waals surface area contributed by atoms with Crippen molar-refractivity contribution in [1.82, 2.24) is 15.2 Å². The normalized spacial score (nSPS) is 12.4. The fraction of sp³-hybridized carbons (Fsp3) is 0.200. The number of nitrogens with zero attached hydrogens (tertiary/aromatic N) is 2. The van der Waals surface area contributed by atoms with Crippen LogP contribution in [0.4, 0.5) is 4.39 Å². The molecule has 2 N–H and O–H groups in total. The van der Waals surface area contributed by atoms with E-state index in [1.165, 1.54) is 25.6 Å². The van der Waals surface area contributed by atoms with Gasteiger partial charge in [-0.1, -0.05) is 0 Å². The molecule has 2 aromatic rings. The van der Waals surface area contributed by atoms with E-state index in [9.17, 15) is 9.50 Å². The van der Waals surface area contributed by atoms with Crippen molar-refractivity contribution >= 4 is 0 Å². The van der Waals surface area contributed by atoms with Crippen LogP contribution in [0.5, 0.6) is 5.75 Å². The zero-order valence-electron chi connectivity index (χ0n) is 8.51. The van der Waals surface area contributed by atoms with Crippen molar-refractivity contribution in [3.63, 3.8) is 0 Å². The molecule has 0 aliphatic rings. The molecular weight excluding hydrogens is 213 g/mol. The quantitative estimate of drug-likeness (QED) is 0.815. The second-order valence-corrected chi connectivity index (χ2v) is 3.16. The summed E-state index contributed by atoms with van der Waals surface area (Å²) in [7, 11) is 1.45. The summed E-state index contributed by atoms with van der Waals surface area (Å²) >= 11 is 0. The van der Waals surface area contributed by atoms with Crippen molar-refractivity contribution in [1.29, 1.82) is 0 Å². The highest BCUT2D eigenvalue weighted by Crippen LogP contribution is 2.24. The average Bonchev–Trinajstić information content (AvgIpc) is 2.81. The summed E-state index contributed by atoms with van der Waals surface area (Å²) in [4.78, 5) is 3.76. The molecule has 0 aliphatic carbocycles. The first-order chi connectivity index (χ1) is 7.72. The van der Waals surface area contributed by atoms with E-state index in [0.29, 0.717) is 5.75 Å². The average molecular weight is 223 g/mol. The molecule has 2 rings (SSSR count). The van der Waals surface area contributed by atoms with Crippen LogP contribution in [-0.4, -0.2) is 27.4 Å². The number of rotatable bonds is 3. The molecule has 1 atom stereocenters. The molecule has 0 saturated carbocycles. The lowest BCUT2D eigenvalue weighted by atomic mass is 10.1. The van der Waals surface area contributed by atoms with E-state index < -0.39 is 11.9 Å². The Labute approximate surface area is 90.9 Å². The highest BCUT2D eigenvalue weighted by Gasteiger charge is 2.17. The lowest BCUT2D eigenvalue weighted by molar-refractivity contribution is 0.205. The van der Waals surface area contributed by atoms with Gasteiger partial charge in [0.05, 0.1) is 7.11 Å². The Morgan fingerprint density at radius 1 is 1.50 bits per heavy atom. The minimum Gasteiger partial charge on any atom is -0.497 e. The number of aliphatic hydroxyl groups is 1. The first-order valence-corrected chi connectivity index (χ1v) is 4.59. The van der Waals surface area contributed by atoms with Crippen LogP contribution in [0.1, 0.15) is 17.5 Å². The standard InChI is InChI=1S/C10H10FN3O2/c1-16-6-2-3-7(8(11)4-6)9(15)10-12-5-13-14-10/h2-5,9,15H,1H3,(H,12,13,14). The van der Waals surface area contributed by atoms with Crippen LogP contribution in [0.3, 0.4) is 0 Å². The second kappa shape index (κ2) is 4.28. The van der Waals surface area contributed by atoms with Crippen LogP contribution >= 0.6 is 0 Å². The fourth-order valence-electron chi connectivity index (χ4n) is 1.35. The summed E-state index contributed by atoms with van der Waals surface area (Å²) in [6, 6.07) is 4.22. The Morgan fingerprint density at radius 2 is 2.31 bits per heavy atom. The lowest BCUT2D eigenvalue weighted by Gasteiger charge is -2.09. The Kier molecular flexibility index (Phi) is 2.82. The lowest BCUT2D eigenvalue weighted by Crippen LogP contribution is -2.04. The van der Waals surface area contributed by atoms with Gasteiger partial charge in [-0.3, -0.25) is 5.10 Å². The van der Waals surface area contributed by atoms with E-state index in [0.717, 1.165) is 0 Å². The largest absolute Gasteiger partial charge is 0.497 e. The van der Waals surface area contributed by atoms with E-state index in [-0.39, 0.29) is 11.4 Å². The number of ether oxygens (including phenoxy) is 1. The molecule has 0 bridgehead atoms.